The number of ether oxygens (including phenoxy) is 1. The average molecular weight is 194 g/mol. The zero-order valence-electron chi connectivity index (χ0n) is 8.41. The molecule has 0 unspecified atom stereocenters. The molecule has 0 aliphatic heterocycles. The summed E-state index contributed by atoms with van der Waals surface area (Å²) in [5, 5.41) is 0. The van der Waals surface area contributed by atoms with Crippen LogP contribution in [0.2, 0.25) is 0 Å². The summed E-state index contributed by atoms with van der Waals surface area (Å²) in [6, 6.07) is 1.85. The SMILES string of the molecule is CCOC(=O)Cc1cc(C)cnc1N. The van der Waals surface area contributed by atoms with Crippen molar-refractivity contribution in [3.63, 3.8) is 0 Å². The monoisotopic (exact) mass is 194 g/mol. The molecule has 1 heterocycles. The number of carbonyl (C=O) groups is 1. The van der Waals surface area contributed by atoms with E-state index in [0.29, 0.717) is 12.4 Å². The van der Waals surface area contributed by atoms with Crippen molar-refractivity contribution < 1.29 is 9.53 Å². The van der Waals surface area contributed by atoms with Crippen molar-refractivity contribution in [2.45, 2.75) is 20.3 Å². The fraction of sp³-hybridized carbons (Fsp3) is 0.400. The third kappa shape index (κ3) is 2.73. The maximum Gasteiger partial charge on any atom is 0.310 e. The van der Waals surface area contributed by atoms with E-state index in [-0.39, 0.29) is 12.4 Å². The van der Waals surface area contributed by atoms with E-state index >= 15 is 0 Å². The summed E-state index contributed by atoms with van der Waals surface area (Å²) in [5.41, 5.74) is 7.33. The van der Waals surface area contributed by atoms with Gasteiger partial charge in [-0.1, -0.05) is 6.07 Å². The van der Waals surface area contributed by atoms with Gasteiger partial charge in [0.2, 0.25) is 0 Å². The number of aryl methyl sites for hydroxylation is 1. The van der Waals surface area contributed by atoms with E-state index in [1.165, 1.54) is 0 Å². The summed E-state index contributed by atoms with van der Waals surface area (Å²) in [7, 11) is 0. The quantitative estimate of drug-likeness (QED) is 0.731. The van der Waals surface area contributed by atoms with Crippen LogP contribution in [0.5, 0.6) is 0 Å². The zero-order valence-corrected chi connectivity index (χ0v) is 8.41. The summed E-state index contributed by atoms with van der Waals surface area (Å²) in [5.74, 6) is 0.121. The maximum atomic E-state index is 11.2. The van der Waals surface area contributed by atoms with E-state index in [9.17, 15) is 4.79 Å². The molecule has 0 saturated carbocycles. The Labute approximate surface area is 83.1 Å². The molecule has 4 heteroatoms. The molecule has 2 N–H and O–H groups in total. The number of carbonyl (C=O) groups excluding carboxylic acids is 1. The summed E-state index contributed by atoms with van der Waals surface area (Å²) >= 11 is 0. The fourth-order valence-electron chi connectivity index (χ4n) is 1.15. The minimum absolute atomic E-state index is 0.189. The lowest BCUT2D eigenvalue weighted by Crippen LogP contribution is -2.10. The summed E-state index contributed by atoms with van der Waals surface area (Å²) in [6.45, 7) is 4.06. The Morgan fingerprint density at radius 1 is 1.64 bits per heavy atom. The van der Waals surface area contributed by atoms with Gasteiger partial charge in [-0.3, -0.25) is 4.79 Å². The molecule has 0 aliphatic carbocycles. The van der Waals surface area contributed by atoms with Crippen molar-refractivity contribution in [2.75, 3.05) is 12.3 Å². The molecule has 0 amide bonds. The van der Waals surface area contributed by atoms with Crippen LogP contribution < -0.4 is 5.73 Å². The number of aromatic nitrogens is 1. The summed E-state index contributed by atoms with van der Waals surface area (Å²) < 4.78 is 4.82. The highest BCUT2D eigenvalue weighted by Gasteiger charge is 2.07. The molecular weight excluding hydrogens is 180 g/mol. The molecule has 0 saturated heterocycles. The van der Waals surface area contributed by atoms with Crippen LogP contribution in [0.25, 0.3) is 0 Å². The van der Waals surface area contributed by atoms with Crippen LogP contribution in [-0.2, 0) is 16.0 Å². The minimum atomic E-state index is -0.272. The van der Waals surface area contributed by atoms with Crippen LogP contribution in [0.1, 0.15) is 18.1 Å². The van der Waals surface area contributed by atoms with Crippen molar-refractivity contribution in [2.24, 2.45) is 0 Å². The highest BCUT2D eigenvalue weighted by Crippen LogP contribution is 2.11. The smallest absolute Gasteiger partial charge is 0.310 e. The van der Waals surface area contributed by atoms with Gasteiger partial charge in [-0.05, 0) is 19.4 Å². The number of esters is 1. The summed E-state index contributed by atoms with van der Waals surface area (Å²) in [4.78, 5) is 15.1. The predicted octanol–water partition coefficient (Wildman–Crippen LogP) is 1.08. The topological polar surface area (TPSA) is 65.2 Å². The lowest BCUT2D eigenvalue weighted by molar-refractivity contribution is -0.142. The average Bonchev–Trinajstić information content (AvgIpc) is 2.12. The molecule has 1 aromatic rings. The Hall–Kier alpha value is -1.58. The van der Waals surface area contributed by atoms with Gasteiger partial charge in [0.05, 0.1) is 13.0 Å². The second kappa shape index (κ2) is 4.60. The predicted molar refractivity (Wildman–Crippen MR) is 53.7 cm³/mol. The molecule has 0 aromatic carbocycles. The van der Waals surface area contributed by atoms with Gasteiger partial charge in [-0.2, -0.15) is 0 Å². The number of nitrogens with zero attached hydrogens (tertiary/aromatic N) is 1. The first kappa shape index (κ1) is 10.5. The van der Waals surface area contributed by atoms with Crippen molar-refractivity contribution >= 4 is 11.8 Å². The Kier molecular flexibility index (Phi) is 3.45. The van der Waals surface area contributed by atoms with E-state index < -0.39 is 0 Å². The third-order valence-electron chi connectivity index (χ3n) is 1.78. The van der Waals surface area contributed by atoms with Crippen LogP contribution in [0.15, 0.2) is 12.3 Å². The second-order valence-corrected chi connectivity index (χ2v) is 3.04. The molecule has 0 fully saturated rings. The van der Waals surface area contributed by atoms with E-state index in [1.807, 2.05) is 13.0 Å². The van der Waals surface area contributed by atoms with Gasteiger partial charge in [0.1, 0.15) is 5.82 Å². The van der Waals surface area contributed by atoms with E-state index in [4.69, 9.17) is 10.5 Å². The van der Waals surface area contributed by atoms with Crippen molar-refractivity contribution in [1.29, 1.82) is 0 Å². The Morgan fingerprint density at radius 2 is 2.36 bits per heavy atom. The Bertz CT molecular complexity index is 337. The molecule has 76 valence electrons. The molecule has 4 nitrogen and oxygen atoms in total. The molecule has 0 bridgehead atoms. The highest BCUT2D eigenvalue weighted by atomic mass is 16.5. The fourth-order valence-corrected chi connectivity index (χ4v) is 1.15. The van der Waals surface area contributed by atoms with Gasteiger partial charge >= 0.3 is 5.97 Å². The number of rotatable bonds is 3. The van der Waals surface area contributed by atoms with E-state index in [1.54, 1.807) is 13.1 Å². The third-order valence-corrected chi connectivity index (χ3v) is 1.78. The van der Waals surface area contributed by atoms with Gasteiger partial charge in [0, 0.05) is 11.8 Å². The molecule has 0 aliphatic rings. The van der Waals surface area contributed by atoms with Crippen LogP contribution in [0.4, 0.5) is 5.82 Å². The van der Waals surface area contributed by atoms with Gasteiger partial charge in [-0.15, -0.1) is 0 Å². The lowest BCUT2D eigenvalue weighted by atomic mass is 10.1. The maximum absolute atomic E-state index is 11.2. The molecule has 0 atom stereocenters. The van der Waals surface area contributed by atoms with Crippen LogP contribution in [0, 0.1) is 6.92 Å². The van der Waals surface area contributed by atoms with Crippen molar-refractivity contribution in [1.82, 2.24) is 4.98 Å². The Balaban J connectivity index is 2.75. The number of nitrogens with two attached hydrogens (primary N) is 1. The molecule has 0 spiro atoms. The van der Waals surface area contributed by atoms with E-state index in [2.05, 4.69) is 4.98 Å². The van der Waals surface area contributed by atoms with Crippen molar-refractivity contribution in [3.05, 3.63) is 23.4 Å². The molecule has 1 aromatic heterocycles. The first-order valence-corrected chi connectivity index (χ1v) is 4.50. The van der Waals surface area contributed by atoms with Crippen LogP contribution >= 0.6 is 0 Å². The van der Waals surface area contributed by atoms with Crippen molar-refractivity contribution in [3.8, 4) is 0 Å². The highest BCUT2D eigenvalue weighted by molar-refractivity contribution is 5.74. The lowest BCUT2D eigenvalue weighted by Gasteiger charge is -2.05. The minimum Gasteiger partial charge on any atom is -0.466 e. The van der Waals surface area contributed by atoms with Gasteiger partial charge < -0.3 is 10.5 Å². The second-order valence-electron chi connectivity index (χ2n) is 3.04. The zero-order chi connectivity index (χ0) is 10.6. The van der Waals surface area contributed by atoms with Crippen LogP contribution in [-0.4, -0.2) is 17.6 Å². The number of hydrogen-bond acceptors (Lipinski definition) is 4. The normalized spacial score (nSPS) is 9.86. The summed E-state index contributed by atoms with van der Waals surface area (Å²) in [6.07, 6.45) is 1.86. The number of anilines is 1. The van der Waals surface area contributed by atoms with Gasteiger partial charge in [0.15, 0.2) is 0 Å². The van der Waals surface area contributed by atoms with Gasteiger partial charge in [0.25, 0.3) is 0 Å². The largest absolute Gasteiger partial charge is 0.466 e. The first-order valence-electron chi connectivity index (χ1n) is 4.50. The first-order chi connectivity index (χ1) is 6.63. The molecule has 1 rings (SSSR count). The number of hydrogen-bond donors (Lipinski definition) is 1. The van der Waals surface area contributed by atoms with Gasteiger partial charge in [-0.25, -0.2) is 4.98 Å². The number of pyridine rings is 1. The Morgan fingerprint density at radius 3 is 3.00 bits per heavy atom. The number of nitrogen functional groups attached to an aromatic ring is 1. The molecule has 14 heavy (non-hydrogen) atoms. The molecule has 0 radical (unpaired) electrons. The van der Waals surface area contributed by atoms with E-state index in [0.717, 1.165) is 11.1 Å². The standard InChI is InChI=1S/C10H14N2O2/c1-3-14-9(13)5-8-4-7(2)6-12-10(8)11/h4,6H,3,5H2,1-2H3,(H2,11,12). The van der Waals surface area contributed by atoms with Crippen LogP contribution in [0.3, 0.4) is 0 Å². The molecular formula is C10H14N2O2.